The Morgan fingerprint density at radius 1 is 0.825 bits per heavy atom. The first-order chi connectivity index (χ1) is 18.3. The van der Waals surface area contributed by atoms with E-state index in [1.54, 1.807) is 0 Å². The molecule has 5 rings (SSSR count). The van der Waals surface area contributed by atoms with Crippen molar-refractivity contribution in [2.75, 3.05) is 0 Å². The van der Waals surface area contributed by atoms with E-state index in [1.807, 2.05) is 0 Å². The zero-order chi connectivity index (χ0) is 29.7. The molecule has 0 aromatic carbocycles. The van der Waals surface area contributed by atoms with Crippen molar-refractivity contribution >= 4 is 17.8 Å². The Balaban J connectivity index is 1.59. The topological polar surface area (TPSA) is 95.7 Å². The first-order valence-electron chi connectivity index (χ1n) is 15.7. The molecule has 0 aliphatic heterocycles. The lowest BCUT2D eigenvalue weighted by molar-refractivity contribution is -0.243. The van der Waals surface area contributed by atoms with Gasteiger partial charge in [-0.2, -0.15) is 0 Å². The number of primary amides is 1. The van der Waals surface area contributed by atoms with Crippen LogP contribution in [0.5, 0.6) is 0 Å². The predicted molar refractivity (Wildman–Crippen MR) is 155 cm³/mol. The third kappa shape index (κ3) is 3.96. The molecule has 4 saturated carbocycles. The summed E-state index contributed by atoms with van der Waals surface area (Å²) in [5.74, 6) is 0.170. The highest BCUT2D eigenvalue weighted by Gasteiger charge is 2.70. The summed E-state index contributed by atoms with van der Waals surface area (Å²) in [5.41, 5.74) is 7.08. The van der Waals surface area contributed by atoms with Crippen LogP contribution < -0.4 is 5.73 Å². The number of carbonyl (C=O) groups is 3. The van der Waals surface area contributed by atoms with E-state index in [-0.39, 0.29) is 50.8 Å². The second kappa shape index (κ2) is 9.07. The number of allylic oxidation sites excluding steroid dienone is 2. The molecule has 5 aliphatic rings. The van der Waals surface area contributed by atoms with Crippen LogP contribution >= 0.6 is 0 Å². The molecule has 0 spiro atoms. The number of hydrogen-bond donors (Lipinski definition) is 1. The van der Waals surface area contributed by atoms with E-state index in [4.69, 9.17) is 15.2 Å². The van der Waals surface area contributed by atoms with Gasteiger partial charge in [-0.05, 0) is 97.2 Å². The van der Waals surface area contributed by atoms with E-state index >= 15 is 0 Å². The Kier molecular flexibility index (Phi) is 6.72. The highest BCUT2D eigenvalue weighted by molar-refractivity contribution is 5.82. The fourth-order valence-corrected chi connectivity index (χ4v) is 11.5. The fourth-order valence-electron chi connectivity index (χ4n) is 11.5. The van der Waals surface area contributed by atoms with Crippen LogP contribution in [0.15, 0.2) is 11.6 Å². The summed E-state index contributed by atoms with van der Waals surface area (Å²) in [6.07, 6.45) is 10.2. The number of esters is 2. The van der Waals surface area contributed by atoms with Crippen LogP contribution in [0.4, 0.5) is 0 Å². The van der Waals surface area contributed by atoms with Crippen molar-refractivity contribution in [3.05, 3.63) is 11.6 Å². The van der Waals surface area contributed by atoms with Crippen molar-refractivity contribution in [1.82, 2.24) is 0 Å². The van der Waals surface area contributed by atoms with Gasteiger partial charge < -0.3 is 15.2 Å². The molecule has 9 atom stereocenters. The first-order valence-corrected chi connectivity index (χ1v) is 15.7. The van der Waals surface area contributed by atoms with E-state index in [1.165, 1.54) is 19.4 Å². The summed E-state index contributed by atoms with van der Waals surface area (Å²) in [7, 11) is 0. The van der Waals surface area contributed by atoms with Gasteiger partial charge in [0.2, 0.25) is 5.91 Å². The SMILES string of the molecule is CC(=O)O[C@@H]1C[C@]2(C)[C@H]3CC=C4[C@@H]5CC(C)(C)CC[C@]5(C(N)=O)CC[C@@]4(C)[C@]3(C)CC[C@H]2C(C)(C)[C@H]1OC(C)=O. The molecule has 0 aromatic rings. The van der Waals surface area contributed by atoms with Gasteiger partial charge in [0.15, 0.2) is 0 Å². The van der Waals surface area contributed by atoms with Crippen molar-refractivity contribution in [2.24, 2.45) is 56.0 Å². The lowest BCUT2D eigenvalue weighted by atomic mass is 9.33. The minimum atomic E-state index is -0.466. The van der Waals surface area contributed by atoms with Crippen LogP contribution in [-0.2, 0) is 23.9 Å². The van der Waals surface area contributed by atoms with E-state index in [9.17, 15) is 14.4 Å². The number of hydrogen-bond acceptors (Lipinski definition) is 5. The Hall–Kier alpha value is -1.85. The second-order valence-corrected chi connectivity index (χ2v) is 16.4. The summed E-state index contributed by atoms with van der Waals surface area (Å²) in [6, 6.07) is 0. The molecule has 40 heavy (non-hydrogen) atoms. The predicted octanol–water partition coefficient (Wildman–Crippen LogP) is 6.75. The van der Waals surface area contributed by atoms with Gasteiger partial charge in [-0.15, -0.1) is 0 Å². The lowest BCUT2D eigenvalue weighted by Gasteiger charge is -2.71. The summed E-state index contributed by atoms with van der Waals surface area (Å²) >= 11 is 0. The first kappa shape index (κ1) is 29.6. The molecular formula is C34H53NO5. The maximum Gasteiger partial charge on any atom is 0.303 e. The average molecular weight is 556 g/mol. The summed E-state index contributed by atoms with van der Waals surface area (Å²) in [4.78, 5) is 37.6. The van der Waals surface area contributed by atoms with Crippen LogP contribution in [0.1, 0.15) is 120 Å². The van der Waals surface area contributed by atoms with Gasteiger partial charge in [-0.25, -0.2) is 0 Å². The summed E-state index contributed by atoms with van der Waals surface area (Å²) < 4.78 is 11.9. The minimum absolute atomic E-state index is 0.0191. The molecule has 1 amide bonds. The van der Waals surface area contributed by atoms with Crippen LogP contribution in [0, 0.1) is 50.2 Å². The van der Waals surface area contributed by atoms with Gasteiger partial charge in [0.1, 0.15) is 12.2 Å². The molecule has 224 valence electrons. The third-order valence-electron chi connectivity index (χ3n) is 13.6. The zero-order valence-electron chi connectivity index (χ0n) is 26.4. The van der Waals surface area contributed by atoms with Crippen molar-refractivity contribution < 1.29 is 23.9 Å². The highest BCUT2D eigenvalue weighted by Crippen LogP contribution is 2.76. The molecule has 6 heteroatoms. The van der Waals surface area contributed by atoms with E-state index in [2.05, 4.69) is 54.5 Å². The zero-order valence-corrected chi connectivity index (χ0v) is 26.4. The Labute approximate surface area is 241 Å². The molecule has 0 unspecified atom stereocenters. The number of amides is 1. The van der Waals surface area contributed by atoms with Crippen LogP contribution in [0.2, 0.25) is 0 Å². The van der Waals surface area contributed by atoms with Crippen LogP contribution in [0.25, 0.3) is 0 Å². The normalized spacial score (nSPS) is 46.8. The molecule has 0 aromatic heterocycles. The number of fused-ring (bicyclic) bond motifs is 7. The highest BCUT2D eigenvalue weighted by atomic mass is 16.6. The number of nitrogens with two attached hydrogens (primary N) is 1. The molecule has 0 saturated heterocycles. The molecule has 6 nitrogen and oxygen atoms in total. The molecule has 0 heterocycles. The smallest absolute Gasteiger partial charge is 0.303 e. The maximum atomic E-state index is 13.1. The quantitative estimate of drug-likeness (QED) is 0.307. The fraction of sp³-hybridized carbons (Fsp3) is 0.853. The van der Waals surface area contributed by atoms with Gasteiger partial charge in [0.25, 0.3) is 0 Å². The number of carbonyl (C=O) groups excluding carboxylic acids is 3. The van der Waals surface area contributed by atoms with Crippen LogP contribution in [0.3, 0.4) is 0 Å². The minimum Gasteiger partial charge on any atom is -0.459 e. The number of rotatable bonds is 3. The van der Waals surface area contributed by atoms with E-state index < -0.39 is 17.6 Å². The third-order valence-corrected chi connectivity index (χ3v) is 13.6. The molecule has 0 bridgehead atoms. The lowest BCUT2D eigenvalue weighted by Crippen LogP contribution is -2.68. The van der Waals surface area contributed by atoms with Crippen molar-refractivity contribution in [2.45, 2.75) is 132 Å². The molecule has 5 aliphatic carbocycles. The van der Waals surface area contributed by atoms with Gasteiger partial charge in [0.05, 0.1) is 5.41 Å². The van der Waals surface area contributed by atoms with E-state index in [0.29, 0.717) is 18.3 Å². The van der Waals surface area contributed by atoms with E-state index in [0.717, 1.165) is 51.4 Å². The molecular weight excluding hydrogens is 502 g/mol. The van der Waals surface area contributed by atoms with Gasteiger partial charge in [-0.3, -0.25) is 14.4 Å². The second-order valence-electron chi connectivity index (χ2n) is 16.4. The number of ether oxygens (including phenoxy) is 2. The van der Waals surface area contributed by atoms with Gasteiger partial charge in [-0.1, -0.05) is 60.1 Å². The Morgan fingerprint density at radius 3 is 2.05 bits per heavy atom. The monoisotopic (exact) mass is 555 g/mol. The molecule has 0 radical (unpaired) electrons. The molecule has 2 N–H and O–H groups in total. The van der Waals surface area contributed by atoms with Crippen LogP contribution in [-0.4, -0.2) is 30.1 Å². The van der Waals surface area contributed by atoms with Gasteiger partial charge >= 0.3 is 11.9 Å². The van der Waals surface area contributed by atoms with Crippen molar-refractivity contribution in [1.29, 1.82) is 0 Å². The largest absolute Gasteiger partial charge is 0.459 e. The average Bonchev–Trinajstić information content (AvgIpc) is 2.81. The maximum absolute atomic E-state index is 13.1. The Morgan fingerprint density at radius 2 is 1.45 bits per heavy atom. The standard InChI is InChI=1S/C34H53NO5/c1-20(36)39-24-19-31(7)25(30(5,6)27(24)40-21(2)37)12-13-33(9)26(31)11-10-22-23-18-29(3,4)14-16-34(23,28(35)38)17-15-32(22,33)8/h10,23-27H,11-19H2,1-9H3,(H2,35,38)/t23-,24+,25-,26+,27-,31-,32+,33+,34-/m0/s1. The summed E-state index contributed by atoms with van der Waals surface area (Å²) in [5, 5.41) is 0. The molecule has 4 fully saturated rings. The van der Waals surface area contributed by atoms with Crippen molar-refractivity contribution in [3.63, 3.8) is 0 Å². The Bertz CT molecular complexity index is 1140. The van der Waals surface area contributed by atoms with Crippen molar-refractivity contribution in [3.8, 4) is 0 Å². The summed E-state index contributed by atoms with van der Waals surface area (Å²) in [6.45, 7) is 19.4. The van der Waals surface area contributed by atoms with Gasteiger partial charge in [0, 0.05) is 19.3 Å².